The largest absolute Gasteiger partial charge is 0.479 e. The molecule has 0 aromatic heterocycles. The third-order valence-electron chi connectivity index (χ3n) is 4.24. The summed E-state index contributed by atoms with van der Waals surface area (Å²) in [5.74, 6) is -1.00. The number of carbonyl (C=O) groups is 2. The molecular formula is C18H18N2O6S2. The Kier molecular flexibility index (Phi) is 5.26. The zero-order chi connectivity index (χ0) is 20.6. The summed E-state index contributed by atoms with van der Waals surface area (Å²) in [5.41, 5.74) is 0.359. The van der Waals surface area contributed by atoms with Crippen molar-refractivity contribution in [1.82, 2.24) is 0 Å². The molecule has 1 aliphatic rings. The number of ether oxygens (including phenoxy) is 1. The van der Waals surface area contributed by atoms with Crippen LogP contribution in [-0.2, 0) is 14.8 Å². The van der Waals surface area contributed by atoms with Crippen LogP contribution in [0, 0.1) is 0 Å². The number of hydrogen-bond acceptors (Lipinski definition) is 6. The van der Waals surface area contributed by atoms with Gasteiger partial charge in [0.05, 0.1) is 11.4 Å². The number of rotatable bonds is 5. The van der Waals surface area contributed by atoms with E-state index in [0.29, 0.717) is 0 Å². The summed E-state index contributed by atoms with van der Waals surface area (Å²) >= 11 is 1.50. The fourth-order valence-electron chi connectivity index (χ4n) is 2.71. The van der Waals surface area contributed by atoms with Gasteiger partial charge in [-0.25, -0.2) is 18.0 Å². The van der Waals surface area contributed by atoms with E-state index < -0.39 is 28.1 Å². The third-order valence-corrected chi connectivity index (χ3v) is 6.73. The van der Waals surface area contributed by atoms with Crippen LogP contribution >= 0.6 is 11.8 Å². The molecule has 148 valence electrons. The summed E-state index contributed by atoms with van der Waals surface area (Å²) in [5, 5.41) is 8.96. The number of carbonyl (C=O) groups excluding carboxylic acids is 1. The van der Waals surface area contributed by atoms with Crippen molar-refractivity contribution in [2.75, 3.05) is 22.5 Å². The number of urea groups is 1. The van der Waals surface area contributed by atoms with Gasteiger partial charge in [-0.3, -0.25) is 4.90 Å². The lowest BCUT2D eigenvalue weighted by atomic mass is 10.2. The summed E-state index contributed by atoms with van der Waals surface area (Å²) in [4.78, 5) is 25.9. The number of carboxylic acids is 1. The van der Waals surface area contributed by atoms with Gasteiger partial charge in [0.2, 0.25) is 0 Å². The van der Waals surface area contributed by atoms with Gasteiger partial charge in [0, 0.05) is 18.0 Å². The molecular weight excluding hydrogens is 404 g/mol. The second-order valence-corrected chi connectivity index (χ2v) is 8.67. The molecule has 8 nitrogen and oxygen atoms in total. The van der Waals surface area contributed by atoms with E-state index >= 15 is 0 Å². The summed E-state index contributed by atoms with van der Waals surface area (Å²) in [6.07, 6.45) is 0.776. The SMILES string of the molecule is CSc1ccc(N2C(=O)N(C)c3cc(OC(C)C(=O)O)ccc3S2(=O)=O)cc1. The number of amides is 2. The topological polar surface area (TPSA) is 104 Å². The maximum absolute atomic E-state index is 13.1. The van der Waals surface area contributed by atoms with Gasteiger partial charge in [0.15, 0.2) is 6.10 Å². The summed E-state index contributed by atoms with van der Waals surface area (Å²) in [7, 11) is -2.69. The molecule has 28 heavy (non-hydrogen) atoms. The van der Waals surface area contributed by atoms with Crippen LogP contribution in [0.3, 0.4) is 0 Å². The fourth-order valence-corrected chi connectivity index (χ4v) is 4.74. The predicted molar refractivity (Wildman–Crippen MR) is 106 cm³/mol. The van der Waals surface area contributed by atoms with Gasteiger partial charge in [0.1, 0.15) is 10.6 Å². The Bertz CT molecular complexity index is 1040. The molecule has 0 saturated carbocycles. The monoisotopic (exact) mass is 422 g/mol. The van der Waals surface area contributed by atoms with E-state index in [1.807, 2.05) is 6.26 Å². The van der Waals surface area contributed by atoms with E-state index in [-0.39, 0.29) is 22.0 Å². The summed E-state index contributed by atoms with van der Waals surface area (Å²) in [6, 6.07) is 9.91. The Morgan fingerprint density at radius 3 is 2.39 bits per heavy atom. The van der Waals surface area contributed by atoms with E-state index in [9.17, 15) is 18.0 Å². The first-order valence-electron chi connectivity index (χ1n) is 8.17. The van der Waals surface area contributed by atoms with E-state index in [1.165, 1.54) is 48.8 Å². The average molecular weight is 422 g/mol. The predicted octanol–water partition coefficient (Wildman–Crippen LogP) is 3.03. The van der Waals surface area contributed by atoms with Gasteiger partial charge in [-0.1, -0.05) is 0 Å². The molecule has 10 heteroatoms. The number of hydrogen-bond donors (Lipinski definition) is 1. The standard InChI is InChI=1S/C18H18N2O6S2/c1-11(17(21)22)26-13-6-9-16-15(10-13)19(2)18(23)20(28(16,24)25)12-4-7-14(27-3)8-5-12/h4-11H,1-3H3,(H,21,22). The minimum atomic E-state index is -4.14. The summed E-state index contributed by atoms with van der Waals surface area (Å²) < 4.78 is 32.2. The van der Waals surface area contributed by atoms with Gasteiger partial charge in [-0.15, -0.1) is 11.8 Å². The first-order valence-corrected chi connectivity index (χ1v) is 10.8. The normalized spacial score (nSPS) is 16.5. The van der Waals surface area contributed by atoms with Crippen LogP contribution in [0.1, 0.15) is 6.92 Å². The van der Waals surface area contributed by atoms with E-state index in [0.717, 1.165) is 9.20 Å². The van der Waals surface area contributed by atoms with Crippen LogP contribution in [0.5, 0.6) is 5.75 Å². The lowest BCUT2D eigenvalue weighted by Crippen LogP contribution is -2.49. The third kappa shape index (κ3) is 3.40. The Balaban J connectivity index is 2.05. The van der Waals surface area contributed by atoms with Crippen molar-refractivity contribution in [2.24, 2.45) is 0 Å². The molecule has 1 aliphatic heterocycles. The van der Waals surface area contributed by atoms with Crippen molar-refractivity contribution in [3.05, 3.63) is 42.5 Å². The highest BCUT2D eigenvalue weighted by atomic mass is 32.2. The van der Waals surface area contributed by atoms with Gasteiger partial charge in [-0.05, 0) is 49.6 Å². The zero-order valence-corrected chi connectivity index (χ0v) is 17.0. The van der Waals surface area contributed by atoms with Gasteiger partial charge in [0.25, 0.3) is 10.0 Å². The molecule has 1 unspecified atom stereocenters. The number of aliphatic carboxylic acids is 1. The molecule has 0 radical (unpaired) electrons. The Hall–Kier alpha value is -2.72. The van der Waals surface area contributed by atoms with E-state index in [2.05, 4.69) is 0 Å². The molecule has 2 aromatic rings. The molecule has 0 bridgehead atoms. The number of thioether (sulfide) groups is 1. The molecule has 1 N–H and O–H groups in total. The first-order chi connectivity index (χ1) is 13.2. The maximum Gasteiger partial charge on any atom is 0.344 e. The van der Waals surface area contributed by atoms with Crippen LogP contribution in [0.25, 0.3) is 0 Å². The van der Waals surface area contributed by atoms with Crippen molar-refractivity contribution in [2.45, 2.75) is 22.8 Å². The molecule has 0 aliphatic carbocycles. The molecule has 0 spiro atoms. The molecule has 1 heterocycles. The Labute approximate surface area is 166 Å². The summed E-state index contributed by atoms with van der Waals surface area (Å²) in [6.45, 7) is 1.35. The second kappa shape index (κ2) is 7.36. The molecule has 2 aromatic carbocycles. The van der Waals surface area contributed by atoms with Gasteiger partial charge in [-0.2, -0.15) is 4.31 Å². The van der Waals surface area contributed by atoms with Gasteiger partial charge < -0.3 is 9.84 Å². The fraction of sp³-hybridized carbons (Fsp3) is 0.222. The number of sulfonamides is 1. The van der Waals surface area contributed by atoms with E-state index in [4.69, 9.17) is 9.84 Å². The lowest BCUT2D eigenvalue weighted by Gasteiger charge is -2.34. The highest BCUT2D eigenvalue weighted by Crippen LogP contribution is 2.39. The smallest absolute Gasteiger partial charge is 0.344 e. The van der Waals surface area contributed by atoms with Crippen molar-refractivity contribution in [3.63, 3.8) is 0 Å². The molecule has 2 amide bonds. The number of carboxylic acid groups (broad SMARTS) is 1. The van der Waals surface area contributed by atoms with Crippen LogP contribution in [0.2, 0.25) is 0 Å². The first kappa shape index (κ1) is 20.0. The maximum atomic E-state index is 13.1. The average Bonchev–Trinajstić information content (AvgIpc) is 2.66. The van der Waals surface area contributed by atoms with E-state index in [1.54, 1.807) is 24.3 Å². The zero-order valence-electron chi connectivity index (χ0n) is 15.3. The highest BCUT2D eigenvalue weighted by Gasteiger charge is 2.41. The molecule has 0 fully saturated rings. The number of nitrogens with zero attached hydrogens (tertiary/aromatic N) is 2. The van der Waals surface area contributed by atoms with Crippen LogP contribution in [0.4, 0.5) is 16.2 Å². The van der Waals surface area contributed by atoms with Crippen molar-refractivity contribution in [1.29, 1.82) is 0 Å². The Morgan fingerprint density at radius 1 is 1.18 bits per heavy atom. The van der Waals surface area contributed by atoms with Crippen LogP contribution in [0.15, 0.2) is 52.3 Å². The number of benzene rings is 2. The molecule has 3 rings (SSSR count). The van der Waals surface area contributed by atoms with Crippen LogP contribution < -0.4 is 13.9 Å². The van der Waals surface area contributed by atoms with Crippen molar-refractivity contribution >= 4 is 45.2 Å². The number of fused-ring (bicyclic) bond motifs is 1. The van der Waals surface area contributed by atoms with Gasteiger partial charge >= 0.3 is 12.0 Å². The van der Waals surface area contributed by atoms with Crippen molar-refractivity contribution < 1.29 is 27.9 Å². The minimum Gasteiger partial charge on any atom is -0.479 e. The number of anilines is 2. The minimum absolute atomic E-state index is 0.0705. The Morgan fingerprint density at radius 2 is 1.82 bits per heavy atom. The highest BCUT2D eigenvalue weighted by molar-refractivity contribution is 7.98. The van der Waals surface area contributed by atoms with Crippen LogP contribution in [-0.4, -0.2) is 44.9 Å². The molecule has 1 atom stereocenters. The quantitative estimate of drug-likeness (QED) is 0.739. The lowest BCUT2D eigenvalue weighted by molar-refractivity contribution is -0.144. The van der Waals surface area contributed by atoms with Crippen molar-refractivity contribution in [3.8, 4) is 5.75 Å². The molecule has 0 saturated heterocycles. The second-order valence-electron chi connectivity index (χ2n) is 6.04.